The van der Waals surface area contributed by atoms with E-state index in [-0.39, 0.29) is 16.9 Å². The van der Waals surface area contributed by atoms with Crippen LogP contribution in [-0.4, -0.2) is 17.9 Å². The Kier molecular flexibility index (Phi) is 2.89. The van der Waals surface area contributed by atoms with Crippen molar-refractivity contribution in [2.24, 2.45) is 0 Å². The predicted octanol–water partition coefficient (Wildman–Crippen LogP) is 0.845. The number of nitro benzene ring substituents is 1. The van der Waals surface area contributed by atoms with Crippen molar-refractivity contribution in [3.63, 3.8) is 0 Å². The molecule has 0 aliphatic heterocycles. The van der Waals surface area contributed by atoms with E-state index in [9.17, 15) is 14.9 Å². The van der Waals surface area contributed by atoms with Crippen molar-refractivity contribution in [2.75, 3.05) is 12.8 Å². The van der Waals surface area contributed by atoms with Crippen LogP contribution in [0.2, 0.25) is 0 Å². The lowest BCUT2D eigenvalue weighted by molar-refractivity contribution is -0.384. The van der Waals surface area contributed by atoms with Gasteiger partial charge in [0.15, 0.2) is 0 Å². The number of rotatable bonds is 2. The number of nitrogens with zero attached hydrogens (tertiary/aromatic N) is 1. The van der Waals surface area contributed by atoms with E-state index >= 15 is 0 Å². The molecule has 0 aliphatic carbocycles. The molecule has 0 bridgehead atoms. The second-order valence-corrected chi connectivity index (χ2v) is 3.06. The third-order valence-electron chi connectivity index (χ3n) is 2.05. The molecule has 0 atom stereocenters. The molecule has 6 heteroatoms. The van der Waals surface area contributed by atoms with Gasteiger partial charge in [0, 0.05) is 24.9 Å². The fourth-order valence-corrected chi connectivity index (χ4v) is 1.21. The summed E-state index contributed by atoms with van der Waals surface area (Å²) in [5.74, 6) is -0.431. The Hall–Kier alpha value is -2.11. The van der Waals surface area contributed by atoms with E-state index in [1.165, 1.54) is 19.2 Å². The molecule has 0 heterocycles. The molecule has 0 aromatic heterocycles. The predicted molar refractivity (Wildman–Crippen MR) is 55.6 cm³/mol. The highest BCUT2D eigenvalue weighted by atomic mass is 16.6. The summed E-state index contributed by atoms with van der Waals surface area (Å²) < 4.78 is 0. The summed E-state index contributed by atoms with van der Waals surface area (Å²) in [4.78, 5) is 21.4. The number of carbonyl (C=O) groups excluding carboxylic acids is 1. The SMILES string of the molecule is CNC(=O)c1cc([N+](=O)[O-])cc(C)c1N. The molecule has 0 fully saturated rings. The van der Waals surface area contributed by atoms with Crippen LogP contribution >= 0.6 is 0 Å². The number of carbonyl (C=O) groups is 1. The summed E-state index contributed by atoms with van der Waals surface area (Å²) in [7, 11) is 1.44. The number of nitrogens with one attached hydrogen (secondary N) is 1. The largest absolute Gasteiger partial charge is 0.398 e. The number of anilines is 1. The highest BCUT2D eigenvalue weighted by Gasteiger charge is 2.16. The lowest BCUT2D eigenvalue weighted by Gasteiger charge is -2.06. The second kappa shape index (κ2) is 3.95. The zero-order valence-electron chi connectivity index (χ0n) is 8.40. The van der Waals surface area contributed by atoms with Gasteiger partial charge in [0.25, 0.3) is 11.6 Å². The first-order valence-electron chi connectivity index (χ1n) is 4.24. The molecule has 1 amide bonds. The summed E-state index contributed by atoms with van der Waals surface area (Å²) in [6.07, 6.45) is 0. The molecular weight excluding hydrogens is 198 g/mol. The highest BCUT2D eigenvalue weighted by molar-refractivity contribution is 6.00. The van der Waals surface area contributed by atoms with E-state index in [0.717, 1.165) is 0 Å². The molecule has 0 radical (unpaired) electrons. The van der Waals surface area contributed by atoms with Crippen LogP contribution in [0.25, 0.3) is 0 Å². The number of aryl methyl sites for hydroxylation is 1. The molecule has 6 nitrogen and oxygen atoms in total. The topological polar surface area (TPSA) is 98.3 Å². The maximum Gasteiger partial charge on any atom is 0.270 e. The first-order valence-corrected chi connectivity index (χ1v) is 4.24. The maximum atomic E-state index is 11.3. The van der Waals surface area contributed by atoms with Crippen LogP contribution < -0.4 is 11.1 Å². The van der Waals surface area contributed by atoms with Gasteiger partial charge in [-0.25, -0.2) is 0 Å². The molecule has 0 saturated heterocycles. The number of benzene rings is 1. The second-order valence-electron chi connectivity index (χ2n) is 3.06. The number of nitrogens with two attached hydrogens (primary N) is 1. The quantitative estimate of drug-likeness (QED) is 0.428. The average Bonchev–Trinajstić information content (AvgIpc) is 2.20. The Balaban J connectivity index is 3.37. The van der Waals surface area contributed by atoms with Gasteiger partial charge in [-0.1, -0.05) is 0 Å². The fourth-order valence-electron chi connectivity index (χ4n) is 1.21. The number of amides is 1. The summed E-state index contributed by atoms with van der Waals surface area (Å²) in [5.41, 5.74) is 6.42. The Morgan fingerprint density at radius 3 is 2.60 bits per heavy atom. The molecule has 0 saturated carbocycles. The lowest BCUT2D eigenvalue weighted by Crippen LogP contribution is -2.20. The molecular formula is C9H11N3O3. The van der Waals surface area contributed by atoms with Crippen molar-refractivity contribution in [3.8, 4) is 0 Å². The zero-order valence-corrected chi connectivity index (χ0v) is 8.40. The van der Waals surface area contributed by atoms with Crippen molar-refractivity contribution in [1.82, 2.24) is 5.32 Å². The van der Waals surface area contributed by atoms with Gasteiger partial charge in [-0.3, -0.25) is 14.9 Å². The molecule has 0 unspecified atom stereocenters. The molecule has 3 N–H and O–H groups in total. The number of hydrogen-bond acceptors (Lipinski definition) is 4. The van der Waals surface area contributed by atoms with Gasteiger partial charge in [-0.05, 0) is 12.5 Å². The fraction of sp³-hybridized carbons (Fsp3) is 0.222. The van der Waals surface area contributed by atoms with E-state index in [1.807, 2.05) is 0 Å². The van der Waals surface area contributed by atoms with E-state index in [2.05, 4.69) is 5.32 Å². The van der Waals surface area contributed by atoms with Gasteiger partial charge in [-0.15, -0.1) is 0 Å². The minimum atomic E-state index is -0.557. The number of hydrogen-bond donors (Lipinski definition) is 2. The molecule has 1 aromatic rings. The first kappa shape index (κ1) is 11.0. The van der Waals surface area contributed by atoms with Crippen molar-refractivity contribution in [2.45, 2.75) is 6.92 Å². The maximum absolute atomic E-state index is 11.3. The summed E-state index contributed by atoms with van der Waals surface area (Å²) >= 11 is 0. The van der Waals surface area contributed by atoms with Crippen LogP contribution in [0, 0.1) is 17.0 Å². The van der Waals surface area contributed by atoms with Crippen molar-refractivity contribution in [1.29, 1.82) is 0 Å². The Bertz CT molecular complexity index is 429. The van der Waals surface area contributed by atoms with Gasteiger partial charge in [0.2, 0.25) is 0 Å². The van der Waals surface area contributed by atoms with Crippen LogP contribution in [0.5, 0.6) is 0 Å². The summed E-state index contributed by atoms with van der Waals surface area (Å²) in [6.45, 7) is 1.62. The van der Waals surface area contributed by atoms with E-state index in [0.29, 0.717) is 5.56 Å². The van der Waals surface area contributed by atoms with Gasteiger partial charge in [0.05, 0.1) is 10.5 Å². The normalized spacial score (nSPS) is 9.73. The smallest absolute Gasteiger partial charge is 0.270 e. The number of nitro groups is 1. The Morgan fingerprint density at radius 2 is 2.13 bits per heavy atom. The average molecular weight is 209 g/mol. The molecule has 15 heavy (non-hydrogen) atoms. The summed E-state index contributed by atoms with van der Waals surface area (Å²) in [5, 5.41) is 12.9. The summed E-state index contributed by atoms with van der Waals surface area (Å²) in [6, 6.07) is 2.50. The Labute approximate surface area is 86.2 Å². The van der Waals surface area contributed by atoms with Crippen LogP contribution in [0.4, 0.5) is 11.4 Å². The van der Waals surface area contributed by atoms with Crippen LogP contribution in [0.15, 0.2) is 12.1 Å². The molecule has 80 valence electrons. The standard InChI is InChI=1S/C9H11N3O3/c1-5-3-6(12(14)15)4-7(8(5)10)9(13)11-2/h3-4H,10H2,1-2H3,(H,11,13). The van der Waals surface area contributed by atoms with E-state index in [1.54, 1.807) is 6.92 Å². The monoisotopic (exact) mass is 209 g/mol. The van der Waals surface area contributed by atoms with Gasteiger partial charge >= 0.3 is 0 Å². The number of nitrogen functional groups attached to an aromatic ring is 1. The molecule has 0 spiro atoms. The lowest BCUT2D eigenvalue weighted by atomic mass is 10.1. The highest BCUT2D eigenvalue weighted by Crippen LogP contribution is 2.23. The molecule has 1 rings (SSSR count). The molecule has 1 aromatic carbocycles. The number of non-ortho nitro benzene ring substituents is 1. The zero-order chi connectivity index (χ0) is 11.6. The van der Waals surface area contributed by atoms with E-state index in [4.69, 9.17) is 5.73 Å². The van der Waals surface area contributed by atoms with Crippen LogP contribution in [0.1, 0.15) is 15.9 Å². The minimum Gasteiger partial charge on any atom is -0.398 e. The van der Waals surface area contributed by atoms with Gasteiger partial charge in [-0.2, -0.15) is 0 Å². The third-order valence-corrected chi connectivity index (χ3v) is 2.05. The van der Waals surface area contributed by atoms with Crippen molar-refractivity contribution < 1.29 is 9.72 Å². The van der Waals surface area contributed by atoms with Gasteiger partial charge in [0.1, 0.15) is 0 Å². The minimum absolute atomic E-state index is 0.129. The van der Waals surface area contributed by atoms with E-state index < -0.39 is 10.8 Å². The van der Waals surface area contributed by atoms with Crippen LogP contribution in [0.3, 0.4) is 0 Å². The third kappa shape index (κ3) is 2.04. The van der Waals surface area contributed by atoms with Crippen molar-refractivity contribution in [3.05, 3.63) is 33.4 Å². The van der Waals surface area contributed by atoms with Crippen LogP contribution in [-0.2, 0) is 0 Å². The molecule has 0 aliphatic rings. The van der Waals surface area contributed by atoms with Gasteiger partial charge < -0.3 is 11.1 Å². The Morgan fingerprint density at radius 1 is 1.53 bits per heavy atom. The van der Waals surface area contributed by atoms with Crippen molar-refractivity contribution >= 4 is 17.3 Å². The first-order chi connectivity index (χ1) is 6.97.